The second-order valence-electron chi connectivity index (χ2n) is 2.88. The molecule has 0 aliphatic heterocycles. The Morgan fingerprint density at radius 3 is 2.00 bits per heavy atom. The van der Waals surface area contributed by atoms with Crippen LogP contribution >= 0.6 is 12.4 Å². The monoisotopic (exact) mass is 208 g/mol. The van der Waals surface area contributed by atoms with E-state index in [-0.39, 0.29) is 18.2 Å². The first-order valence-corrected chi connectivity index (χ1v) is 4.17. The van der Waals surface area contributed by atoms with Crippen molar-refractivity contribution in [3.05, 3.63) is 60.4 Å². The van der Waals surface area contributed by atoms with Gasteiger partial charge >= 0.3 is 0 Å². The van der Waals surface area contributed by atoms with Crippen LogP contribution in [0.3, 0.4) is 0 Å². The fourth-order valence-electron chi connectivity index (χ4n) is 1.30. The van der Waals surface area contributed by atoms with E-state index in [2.05, 4.69) is 0 Å². The van der Waals surface area contributed by atoms with Gasteiger partial charge in [-0.2, -0.15) is 0 Å². The van der Waals surface area contributed by atoms with E-state index in [1.807, 2.05) is 36.4 Å². The van der Waals surface area contributed by atoms with Crippen LogP contribution in [0, 0.1) is 5.82 Å². The zero-order valence-electron chi connectivity index (χ0n) is 7.48. The summed E-state index contributed by atoms with van der Waals surface area (Å²) in [4.78, 5) is 0. The first-order chi connectivity index (χ1) is 6.36. The minimum absolute atomic E-state index is 0. The van der Waals surface area contributed by atoms with Gasteiger partial charge < -0.3 is 0 Å². The normalized spacial score (nSPS) is 9.21. The fraction of sp³-hybridized carbons (Fsp3) is 0. The lowest BCUT2D eigenvalue weighted by molar-refractivity contribution is 0.628. The number of hydrogen-bond donors (Lipinski definition) is 0. The summed E-state index contributed by atoms with van der Waals surface area (Å²) < 4.78 is 12.9. The molecule has 0 atom stereocenters. The molecule has 14 heavy (non-hydrogen) atoms. The van der Waals surface area contributed by atoms with E-state index in [4.69, 9.17) is 0 Å². The largest absolute Gasteiger partial charge is 0.207 e. The van der Waals surface area contributed by atoms with Gasteiger partial charge in [0.1, 0.15) is 5.82 Å². The summed E-state index contributed by atoms with van der Waals surface area (Å²) in [6.45, 7) is 0. The molecular formula is C12H10ClF. The third-order valence-electron chi connectivity index (χ3n) is 1.93. The minimum Gasteiger partial charge on any atom is -0.207 e. The van der Waals surface area contributed by atoms with E-state index < -0.39 is 0 Å². The van der Waals surface area contributed by atoms with Gasteiger partial charge in [0.25, 0.3) is 0 Å². The average molecular weight is 209 g/mol. The highest BCUT2D eigenvalue weighted by molar-refractivity contribution is 5.85. The Labute approximate surface area is 88.8 Å². The van der Waals surface area contributed by atoms with E-state index in [1.54, 1.807) is 6.07 Å². The van der Waals surface area contributed by atoms with Gasteiger partial charge in [-0.3, -0.25) is 0 Å². The van der Waals surface area contributed by atoms with Crippen LogP contribution in [0.1, 0.15) is 0 Å². The highest BCUT2D eigenvalue weighted by Gasteiger charge is 1.96. The molecule has 2 aromatic carbocycles. The number of benzene rings is 2. The van der Waals surface area contributed by atoms with Gasteiger partial charge in [0.2, 0.25) is 0 Å². The lowest BCUT2D eigenvalue weighted by Gasteiger charge is -1.99. The van der Waals surface area contributed by atoms with Gasteiger partial charge in [-0.25, -0.2) is 4.39 Å². The molecule has 0 nitrogen and oxygen atoms in total. The molecule has 0 aromatic heterocycles. The molecular weight excluding hydrogens is 199 g/mol. The Hall–Kier alpha value is -1.34. The molecule has 0 amide bonds. The minimum atomic E-state index is -0.193. The Kier molecular flexibility index (Phi) is 3.66. The predicted molar refractivity (Wildman–Crippen MR) is 59.1 cm³/mol. The molecule has 0 unspecified atom stereocenters. The Morgan fingerprint density at radius 2 is 1.36 bits per heavy atom. The van der Waals surface area contributed by atoms with Crippen molar-refractivity contribution in [1.29, 1.82) is 0 Å². The van der Waals surface area contributed by atoms with Crippen LogP contribution in [0.4, 0.5) is 4.39 Å². The molecule has 0 radical (unpaired) electrons. The number of halogens is 2. The standard InChI is InChI=1S/C12H9F.ClH/c13-12-8-4-7-11(9-12)10-5-2-1-3-6-10;/h1-9H;1H. The van der Waals surface area contributed by atoms with Crippen molar-refractivity contribution in [3.8, 4) is 11.1 Å². The van der Waals surface area contributed by atoms with Crippen LogP contribution in [0.5, 0.6) is 0 Å². The van der Waals surface area contributed by atoms with E-state index >= 15 is 0 Å². The first-order valence-electron chi connectivity index (χ1n) is 4.17. The van der Waals surface area contributed by atoms with Crippen LogP contribution in [0.25, 0.3) is 11.1 Å². The third-order valence-corrected chi connectivity index (χ3v) is 1.93. The molecule has 0 N–H and O–H groups in total. The van der Waals surface area contributed by atoms with Gasteiger partial charge in [-0.15, -0.1) is 12.4 Å². The molecule has 0 aliphatic rings. The zero-order chi connectivity index (χ0) is 9.10. The smallest absolute Gasteiger partial charge is 0.123 e. The Morgan fingerprint density at radius 1 is 0.714 bits per heavy atom. The van der Waals surface area contributed by atoms with Crippen molar-refractivity contribution in [2.75, 3.05) is 0 Å². The van der Waals surface area contributed by atoms with E-state index in [0.29, 0.717) is 0 Å². The third kappa shape index (κ3) is 2.33. The molecule has 0 fully saturated rings. The van der Waals surface area contributed by atoms with Crippen molar-refractivity contribution in [2.24, 2.45) is 0 Å². The Bertz CT molecular complexity index is 398. The van der Waals surface area contributed by atoms with E-state index in [9.17, 15) is 4.39 Å². The van der Waals surface area contributed by atoms with E-state index in [0.717, 1.165) is 11.1 Å². The second-order valence-corrected chi connectivity index (χ2v) is 2.88. The number of hydrogen-bond acceptors (Lipinski definition) is 0. The molecule has 0 heterocycles. The molecule has 2 heteroatoms. The first kappa shape index (κ1) is 10.7. The maximum Gasteiger partial charge on any atom is 0.123 e. The van der Waals surface area contributed by atoms with Crippen LogP contribution in [-0.4, -0.2) is 0 Å². The summed E-state index contributed by atoms with van der Waals surface area (Å²) in [7, 11) is 0. The van der Waals surface area contributed by atoms with Crippen molar-refractivity contribution >= 4 is 12.4 Å². The summed E-state index contributed by atoms with van der Waals surface area (Å²) in [6, 6.07) is 16.4. The summed E-state index contributed by atoms with van der Waals surface area (Å²) >= 11 is 0. The van der Waals surface area contributed by atoms with E-state index in [1.165, 1.54) is 12.1 Å². The molecule has 0 bridgehead atoms. The maximum absolute atomic E-state index is 12.9. The number of rotatable bonds is 1. The molecule has 0 saturated carbocycles. The molecule has 0 aliphatic carbocycles. The fourth-order valence-corrected chi connectivity index (χ4v) is 1.30. The van der Waals surface area contributed by atoms with Crippen molar-refractivity contribution < 1.29 is 4.39 Å². The molecule has 2 rings (SSSR count). The van der Waals surface area contributed by atoms with Crippen molar-refractivity contribution in [1.82, 2.24) is 0 Å². The second kappa shape index (κ2) is 4.77. The van der Waals surface area contributed by atoms with Gasteiger partial charge in [0.05, 0.1) is 0 Å². The topological polar surface area (TPSA) is 0 Å². The summed E-state index contributed by atoms with van der Waals surface area (Å²) in [6.07, 6.45) is 0. The van der Waals surface area contributed by atoms with Crippen molar-refractivity contribution in [3.63, 3.8) is 0 Å². The maximum atomic E-state index is 12.9. The van der Waals surface area contributed by atoms with Gasteiger partial charge in [0, 0.05) is 0 Å². The molecule has 0 spiro atoms. The lowest BCUT2D eigenvalue weighted by Crippen LogP contribution is -1.78. The highest BCUT2D eigenvalue weighted by atomic mass is 35.5. The Balaban J connectivity index is 0.000000980. The predicted octanol–water partition coefficient (Wildman–Crippen LogP) is 3.91. The summed E-state index contributed by atoms with van der Waals surface area (Å²) in [5, 5.41) is 0. The van der Waals surface area contributed by atoms with Crippen LogP contribution in [0.15, 0.2) is 54.6 Å². The van der Waals surface area contributed by atoms with Gasteiger partial charge in [0.15, 0.2) is 0 Å². The molecule has 72 valence electrons. The summed E-state index contributed by atoms with van der Waals surface area (Å²) in [5.41, 5.74) is 1.96. The van der Waals surface area contributed by atoms with Gasteiger partial charge in [-0.1, -0.05) is 42.5 Å². The molecule has 0 saturated heterocycles. The summed E-state index contributed by atoms with van der Waals surface area (Å²) in [5.74, 6) is -0.193. The van der Waals surface area contributed by atoms with Crippen LogP contribution in [0.2, 0.25) is 0 Å². The van der Waals surface area contributed by atoms with Crippen molar-refractivity contribution in [2.45, 2.75) is 0 Å². The average Bonchev–Trinajstić information content (AvgIpc) is 2.19. The van der Waals surface area contributed by atoms with Gasteiger partial charge in [-0.05, 0) is 23.3 Å². The zero-order valence-corrected chi connectivity index (χ0v) is 8.30. The lowest BCUT2D eigenvalue weighted by atomic mass is 10.1. The highest BCUT2D eigenvalue weighted by Crippen LogP contribution is 2.18. The molecule has 2 aromatic rings. The van der Waals surface area contributed by atoms with Crippen LogP contribution < -0.4 is 0 Å². The SMILES string of the molecule is Cl.Fc1cccc(-c2ccccc2)c1. The quantitative estimate of drug-likeness (QED) is 0.667. The van der Waals surface area contributed by atoms with Crippen LogP contribution in [-0.2, 0) is 0 Å².